The van der Waals surface area contributed by atoms with E-state index in [1.807, 2.05) is 24.4 Å². The van der Waals surface area contributed by atoms with Gasteiger partial charge in [0.25, 0.3) is 0 Å². The zero-order chi connectivity index (χ0) is 22.6. The van der Waals surface area contributed by atoms with Crippen LogP contribution in [0.4, 0.5) is 11.4 Å². The number of fused-ring (bicyclic) bond motifs is 4. The van der Waals surface area contributed by atoms with Gasteiger partial charge in [0.05, 0.1) is 18.7 Å². The van der Waals surface area contributed by atoms with Crippen LogP contribution in [0.25, 0.3) is 10.8 Å². The standard InChI is InChI=1S/C29H26N2O2/c1-28(2)24-10-6-7-11-25(24)31(18-20-12-15-22(32-3)16-13-20)29(28)19-30-27-23-9-5-4-8-21(23)14-17-26(27)33-29/h4-17,19H,18H2,1-3H3. The molecule has 0 aliphatic carbocycles. The monoisotopic (exact) mass is 434 g/mol. The summed E-state index contributed by atoms with van der Waals surface area (Å²) in [6.45, 7) is 5.19. The topological polar surface area (TPSA) is 34.1 Å². The molecule has 0 N–H and O–H groups in total. The van der Waals surface area contributed by atoms with Crippen LogP contribution < -0.4 is 14.4 Å². The van der Waals surface area contributed by atoms with E-state index < -0.39 is 5.72 Å². The van der Waals surface area contributed by atoms with E-state index in [1.54, 1.807) is 7.11 Å². The molecule has 2 heterocycles. The lowest BCUT2D eigenvalue weighted by molar-refractivity contribution is 0.0764. The van der Waals surface area contributed by atoms with Crippen molar-refractivity contribution in [3.63, 3.8) is 0 Å². The Bertz CT molecular complexity index is 1390. The normalized spacial score (nSPS) is 19.9. The van der Waals surface area contributed by atoms with Crippen molar-refractivity contribution in [3.8, 4) is 11.5 Å². The Labute approximate surface area is 194 Å². The first-order valence-corrected chi connectivity index (χ1v) is 11.3. The number of ether oxygens (including phenoxy) is 2. The lowest BCUT2D eigenvalue weighted by Gasteiger charge is -2.46. The first-order chi connectivity index (χ1) is 16.0. The Morgan fingerprint density at radius 3 is 2.45 bits per heavy atom. The average Bonchev–Trinajstić information content (AvgIpc) is 3.03. The van der Waals surface area contributed by atoms with Gasteiger partial charge in [0, 0.05) is 17.6 Å². The van der Waals surface area contributed by atoms with Crippen LogP contribution >= 0.6 is 0 Å². The van der Waals surface area contributed by atoms with Crippen LogP contribution in [0.15, 0.2) is 89.9 Å². The maximum absolute atomic E-state index is 6.97. The summed E-state index contributed by atoms with van der Waals surface area (Å²) >= 11 is 0. The Balaban J connectivity index is 1.50. The summed E-state index contributed by atoms with van der Waals surface area (Å²) in [5.41, 5.74) is 3.46. The number of methoxy groups -OCH3 is 1. The maximum atomic E-state index is 6.97. The predicted molar refractivity (Wildman–Crippen MR) is 134 cm³/mol. The van der Waals surface area contributed by atoms with E-state index in [0.29, 0.717) is 6.54 Å². The first-order valence-electron chi connectivity index (χ1n) is 11.3. The van der Waals surface area contributed by atoms with Gasteiger partial charge in [-0.05, 0) is 54.6 Å². The SMILES string of the molecule is COc1ccc(CN2c3ccccc3C(C)(C)C23C=Nc2c(ccc4ccccc24)O3)cc1. The molecule has 0 saturated heterocycles. The van der Waals surface area contributed by atoms with Crippen molar-refractivity contribution in [1.29, 1.82) is 0 Å². The molecule has 0 amide bonds. The van der Waals surface area contributed by atoms with Gasteiger partial charge in [-0.25, -0.2) is 0 Å². The highest BCUT2D eigenvalue weighted by Gasteiger charge is 2.59. The fourth-order valence-corrected chi connectivity index (χ4v) is 5.27. The third-order valence-corrected chi connectivity index (χ3v) is 7.16. The molecule has 4 aromatic rings. The van der Waals surface area contributed by atoms with Crippen LogP contribution in [0, 0.1) is 0 Å². The Hall–Kier alpha value is -3.79. The van der Waals surface area contributed by atoms with Crippen LogP contribution in [0.2, 0.25) is 0 Å². The molecule has 4 aromatic carbocycles. The van der Waals surface area contributed by atoms with Crippen LogP contribution in [0.3, 0.4) is 0 Å². The van der Waals surface area contributed by atoms with Crippen LogP contribution in [0.1, 0.15) is 25.0 Å². The number of rotatable bonds is 3. The van der Waals surface area contributed by atoms with E-state index in [4.69, 9.17) is 14.5 Å². The van der Waals surface area contributed by atoms with Gasteiger partial charge in [0.1, 0.15) is 17.2 Å². The third-order valence-electron chi connectivity index (χ3n) is 7.16. The van der Waals surface area contributed by atoms with Crippen molar-refractivity contribution < 1.29 is 9.47 Å². The van der Waals surface area contributed by atoms with E-state index in [9.17, 15) is 0 Å². The van der Waals surface area contributed by atoms with Gasteiger partial charge < -0.3 is 14.4 Å². The molecular weight excluding hydrogens is 408 g/mol. The highest BCUT2D eigenvalue weighted by Crippen LogP contribution is 2.55. The summed E-state index contributed by atoms with van der Waals surface area (Å²) in [4.78, 5) is 7.40. The van der Waals surface area contributed by atoms with Crippen LogP contribution in [-0.4, -0.2) is 19.0 Å². The quantitative estimate of drug-likeness (QED) is 0.363. The minimum atomic E-state index is -0.744. The minimum absolute atomic E-state index is 0.317. The summed E-state index contributed by atoms with van der Waals surface area (Å²) in [7, 11) is 1.69. The number of hydrogen-bond donors (Lipinski definition) is 0. The number of nitrogens with zero attached hydrogens (tertiary/aromatic N) is 2. The molecule has 1 atom stereocenters. The van der Waals surface area contributed by atoms with Crippen LogP contribution in [-0.2, 0) is 12.0 Å². The molecule has 0 radical (unpaired) electrons. The van der Waals surface area contributed by atoms with E-state index in [1.165, 1.54) is 16.8 Å². The van der Waals surface area contributed by atoms with Crippen molar-refractivity contribution in [2.75, 3.05) is 12.0 Å². The zero-order valence-electron chi connectivity index (χ0n) is 19.1. The molecule has 4 heteroatoms. The molecule has 0 fully saturated rings. The molecule has 1 spiro atoms. The number of anilines is 1. The lowest BCUT2D eigenvalue weighted by Crippen LogP contribution is -2.61. The summed E-state index contributed by atoms with van der Waals surface area (Å²) in [5.74, 6) is 1.67. The summed E-state index contributed by atoms with van der Waals surface area (Å²) < 4.78 is 12.3. The van der Waals surface area contributed by atoms with Crippen molar-refractivity contribution >= 4 is 28.4 Å². The molecule has 0 bridgehead atoms. The molecule has 4 nitrogen and oxygen atoms in total. The lowest BCUT2D eigenvalue weighted by atomic mass is 9.77. The van der Waals surface area contributed by atoms with E-state index in [-0.39, 0.29) is 5.41 Å². The van der Waals surface area contributed by atoms with Gasteiger partial charge in [0.2, 0.25) is 5.72 Å². The van der Waals surface area contributed by atoms with E-state index >= 15 is 0 Å². The molecule has 1 unspecified atom stereocenters. The molecular formula is C29H26N2O2. The fourth-order valence-electron chi connectivity index (χ4n) is 5.27. The van der Waals surface area contributed by atoms with Crippen molar-refractivity contribution in [2.45, 2.75) is 31.5 Å². The average molecular weight is 435 g/mol. The highest BCUT2D eigenvalue weighted by molar-refractivity contribution is 5.99. The molecule has 164 valence electrons. The Morgan fingerprint density at radius 2 is 1.64 bits per heavy atom. The second-order valence-corrected chi connectivity index (χ2v) is 9.27. The van der Waals surface area contributed by atoms with Gasteiger partial charge in [-0.3, -0.25) is 4.99 Å². The molecule has 6 rings (SSSR count). The van der Waals surface area contributed by atoms with E-state index in [0.717, 1.165) is 28.0 Å². The smallest absolute Gasteiger partial charge is 0.229 e. The van der Waals surface area contributed by atoms with Crippen molar-refractivity contribution in [1.82, 2.24) is 0 Å². The number of hydrogen-bond acceptors (Lipinski definition) is 4. The third kappa shape index (κ3) is 2.80. The number of aliphatic imine (C=N–C) groups is 1. The zero-order valence-corrected chi connectivity index (χ0v) is 19.1. The molecule has 0 aromatic heterocycles. The molecule has 33 heavy (non-hydrogen) atoms. The number of para-hydroxylation sites is 1. The molecule has 2 aliphatic rings. The fraction of sp³-hybridized carbons (Fsp3) is 0.207. The largest absolute Gasteiger partial charge is 0.497 e. The van der Waals surface area contributed by atoms with Gasteiger partial charge in [-0.2, -0.15) is 0 Å². The van der Waals surface area contributed by atoms with Gasteiger partial charge in [0.15, 0.2) is 0 Å². The second kappa shape index (κ2) is 7.11. The van der Waals surface area contributed by atoms with Crippen LogP contribution in [0.5, 0.6) is 11.5 Å². The Morgan fingerprint density at radius 1 is 0.879 bits per heavy atom. The summed E-state index contributed by atoms with van der Waals surface area (Å²) in [5, 5.41) is 2.27. The minimum Gasteiger partial charge on any atom is -0.497 e. The summed E-state index contributed by atoms with van der Waals surface area (Å²) in [6, 6.07) is 29.3. The number of benzene rings is 4. The van der Waals surface area contributed by atoms with Gasteiger partial charge in [-0.15, -0.1) is 0 Å². The van der Waals surface area contributed by atoms with Gasteiger partial charge >= 0.3 is 0 Å². The molecule has 0 saturated carbocycles. The summed E-state index contributed by atoms with van der Waals surface area (Å²) in [6.07, 6.45) is 2.02. The second-order valence-electron chi connectivity index (χ2n) is 9.27. The maximum Gasteiger partial charge on any atom is 0.229 e. The molecule has 2 aliphatic heterocycles. The van der Waals surface area contributed by atoms with Crippen molar-refractivity contribution in [2.24, 2.45) is 4.99 Å². The van der Waals surface area contributed by atoms with Gasteiger partial charge in [-0.1, -0.05) is 60.7 Å². The predicted octanol–water partition coefficient (Wildman–Crippen LogP) is 6.64. The van der Waals surface area contributed by atoms with Crippen molar-refractivity contribution in [3.05, 3.63) is 96.1 Å². The highest BCUT2D eigenvalue weighted by atomic mass is 16.5. The Kier molecular flexibility index (Phi) is 4.28. The first kappa shape index (κ1) is 19.9. The van der Waals surface area contributed by atoms with E-state index in [2.05, 4.69) is 85.5 Å².